The molecule has 20 heavy (non-hydrogen) atoms. The van der Waals surface area contributed by atoms with Crippen LogP contribution < -0.4 is 4.74 Å². The predicted molar refractivity (Wildman–Crippen MR) is 78.9 cm³/mol. The summed E-state index contributed by atoms with van der Waals surface area (Å²) in [6.07, 6.45) is 0. The lowest BCUT2D eigenvalue weighted by atomic mass is 10.1. The standard InChI is InChI=1S/C14H11Cl2NO3/c1-9-12(17(18)19)3-2-4-13(9)20-14-7-11(16)6-5-10(14)8-15/h2-7H,8H2,1H3. The second-order valence-electron chi connectivity index (χ2n) is 4.15. The Hall–Kier alpha value is -1.78. The van der Waals surface area contributed by atoms with Crippen molar-refractivity contribution in [2.75, 3.05) is 0 Å². The third-order valence-corrected chi connectivity index (χ3v) is 3.37. The molecule has 0 amide bonds. The summed E-state index contributed by atoms with van der Waals surface area (Å²) >= 11 is 11.8. The zero-order valence-electron chi connectivity index (χ0n) is 10.6. The third-order valence-electron chi connectivity index (χ3n) is 2.85. The quantitative estimate of drug-likeness (QED) is 0.449. The minimum atomic E-state index is -0.442. The fourth-order valence-electron chi connectivity index (χ4n) is 1.76. The summed E-state index contributed by atoms with van der Waals surface area (Å²) < 4.78 is 5.73. The lowest BCUT2D eigenvalue weighted by molar-refractivity contribution is -0.385. The van der Waals surface area contributed by atoms with Gasteiger partial charge in [-0.05, 0) is 25.1 Å². The van der Waals surface area contributed by atoms with Crippen molar-refractivity contribution in [1.29, 1.82) is 0 Å². The highest BCUT2D eigenvalue weighted by atomic mass is 35.5. The van der Waals surface area contributed by atoms with Crippen LogP contribution >= 0.6 is 23.2 Å². The van der Waals surface area contributed by atoms with Gasteiger partial charge in [0, 0.05) is 16.7 Å². The molecule has 0 unspecified atom stereocenters. The Morgan fingerprint density at radius 1 is 1.25 bits per heavy atom. The molecule has 0 aliphatic carbocycles. The predicted octanol–water partition coefficient (Wildman–Crippen LogP) is 5.09. The lowest BCUT2D eigenvalue weighted by Gasteiger charge is -2.12. The molecule has 0 heterocycles. The number of nitro benzene ring substituents is 1. The molecule has 0 fully saturated rings. The number of ether oxygens (including phenoxy) is 1. The van der Waals surface area contributed by atoms with E-state index in [1.54, 1.807) is 37.3 Å². The van der Waals surface area contributed by atoms with Gasteiger partial charge in [-0.1, -0.05) is 23.7 Å². The first-order chi connectivity index (χ1) is 9.52. The van der Waals surface area contributed by atoms with E-state index < -0.39 is 4.92 Å². The first-order valence-electron chi connectivity index (χ1n) is 5.79. The van der Waals surface area contributed by atoms with Gasteiger partial charge in [-0.2, -0.15) is 0 Å². The number of halogens is 2. The number of benzene rings is 2. The summed E-state index contributed by atoms with van der Waals surface area (Å²) in [7, 11) is 0. The van der Waals surface area contributed by atoms with Crippen molar-refractivity contribution >= 4 is 28.9 Å². The molecular formula is C14H11Cl2NO3. The largest absolute Gasteiger partial charge is 0.456 e. The zero-order chi connectivity index (χ0) is 14.7. The van der Waals surface area contributed by atoms with Gasteiger partial charge in [0.25, 0.3) is 5.69 Å². The number of nitro groups is 1. The lowest BCUT2D eigenvalue weighted by Crippen LogP contribution is -1.96. The summed E-state index contributed by atoms with van der Waals surface area (Å²) in [6, 6.07) is 9.79. The van der Waals surface area contributed by atoms with Gasteiger partial charge in [-0.15, -0.1) is 11.6 Å². The molecule has 0 radical (unpaired) electrons. The maximum atomic E-state index is 10.9. The Kier molecular flexibility index (Phi) is 4.47. The average Bonchev–Trinajstić information content (AvgIpc) is 2.41. The molecule has 0 aliphatic rings. The Labute approximate surface area is 126 Å². The summed E-state index contributed by atoms with van der Waals surface area (Å²) in [4.78, 5) is 10.5. The molecule has 2 aromatic rings. The van der Waals surface area contributed by atoms with Gasteiger partial charge in [0.1, 0.15) is 11.5 Å². The molecule has 0 saturated carbocycles. The second kappa shape index (κ2) is 6.11. The summed E-state index contributed by atoms with van der Waals surface area (Å²) in [5.41, 5.74) is 1.23. The molecule has 0 spiro atoms. The minimum Gasteiger partial charge on any atom is -0.456 e. The zero-order valence-corrected chi connectivity index (χ0v) is 12.1. The van der Waals surface area contributed by atoms with Crippen LogP contribution in [0.5, 0.6) is 11.5 Å². The van der Waals surface area contributed by atoms with Gasteiger partial charge in [0.15, 0.2) is 0 Å². The van der Waals surface area contributed by atoms with Gasteiger partial charge in [0.05, 0.1) is 16.4 Å². The van der Waals surface area contributed by atoms with Crippen molar-refractivity contribution in [2.45, 2.75) is 12.8 Å². The van der Waals surface area contributed by atoms with E-state index in [2.05, 4.69) is 0 Å². The van der Waals surface area contributed by atoms with Crippen LogP contribution in [0.25, 0.3) is 0 Å². The Morgan fingerprint density at radius 2 is 2.00 bits per heavy atom. The van der Waals surface area contributed by atoms with Crippen LogP contribution in [0.2, 0.25) is 5.02 Å². The Bertz CT molecular complexity index is 659. The van der Waals surface area contributed by atoms with E-state index in [9.17, 15) is 10.1 Å². The highest BCUT2D eigenvalue weighted by Gasteiger charge is 2.15. The minimum absolute atomic E-state index is 0.0111. The molecule has 0 aliphatic heterocycles. The third kappa shape index (κ3) is 3.03. The van der Waals surface area contributed by atoms with Crippen molar-refractivity contribution in [3.8, 4) is 11.5 Å². The smallest absolute Gasteiger partial charge is 0.276 e. The molecule has 0 atom stereocenters. The van der Waals surface area contributed by atoms with Crippen LogP contribution in [0.15, 0.2) is 36.4 Å². The molecule has 6 heteroatoms. The molecule has 0 N–H and O–H groups in total. The van der Waals surface area contributed by atoms with Crippen molar-refractivity contribution in [2.24, 2.45) is 0 Å². The number of hydrogen-bond donors (Lipinski definition) is 0. The van der Waals surface area contributed by atoms with Crippen LogP contribution in [-0.2, 0) is 5.88 Å². The number of nitrogens with zero attached hydrogens (tertiary/aromatic N) is 1. The van der Waals surface area contributed by atoms with Crippen molar-refractivity contribution < 1.29 is 9.66 Å². The van der Waals surface area contributed by atoms with E-state index in [0.29, 0.717) is 22.1 Å². The van der Waals surface area contributed by atoms with E-state index in [4.69, 9.17) is 27.9 Å². The monoisotopic (exact) mass is 311 g/mol. The normalized spacial score (nSPS) is 10.3. The van der Waals surface area contributed by atoms with Crippen LogP contribution in [0.4, 0.5) is 5.69 Å². The fraction of sp³-hybridized carbons (Fsp3) is 0.143. The van der Waals surface area contributed by atoms with Gasteiger partial charge in [-0.3, -0.25) is 10.1 Å². The van der Waals surface area contributed by atoms with E-state index in [1.807, 2.05) is 0 Å². The SMILES string of the molecule is Cc1c(Oc2cc(Cl)ccc2CCl)cccc1[N+](=O)[O-]. The highest BCUT2D eigenvalue weighted by molar-refractivity contribution is 6.30. The highest BCUT2D eigenvalue weighted by Crippen LogP contribution is 2.34. The maximum absolute atomic E-state index is 10.9. The summed E-state index contributed by atoms with van der Waals surface area (Å²) in [5.74, 6) is 1.17. The Balaban J connectivity index is 2.42. The van der Waals surface area contributed by atoms with Crippen molar-refractivity contribution in [3.05, 3.63) is 62.7 Å². The second-order valence-corrected chi connectivity index (χ2v) is 4.85. The summed E-state index contributed by atoms with van der Waals surface area (Å²) in [5, 5.41) is 11.4. The average molecular weight is 312 g/mol. The topological polar surface area (TPSA) is 52.4 Å². The van der Waals surface area contributed by atoms with Gasteiger partial charge in [0.2, 0.25) is 0 Å². The first kappa shape index (κ1) is 14.6. The number of hydrogen-bond acceptors (Lipinski definition) is 3. The molecule has 0 aromatic heterocycles. The van der Waals surface area contributed by atoms with Crippen LogP contribution in [-0.4, -0.2) is 4.92 Å². The molecular weight excluding hydrogens is 301 g/mol. The fourth-order valence-corrected chi connectivity index (χ4v) is 2.15. The van der Waals surface area contributed by atoms with Crippen molar-refractivity contribution in [1.82, 2.24) is 0 Å². The first-order valence-corrected chi connectivity index (χ1v) is 6.70. The van der Waals surface area contributed by atoms with Crippen LogP contribution in [0.1, 0.15) is 11.1 Å². The van der Waals surface area contributed by atoms with E-state index >= 15 is 0 Å². The van der Waals surface area contributed by atoms with Crippen molar-refractivity contribution in [3.63, 3.8) is 0 Å². The summed E-state index contributed by atoms with van der Waals surface area (Å²) in [6.45, 7) is 1.64. The van der Waals surface area contributed by atoms with E-state index in [-0.39, 0.29) is 11.6 Å². The molecule has 0 bridgehead atoms. The molecule has 4 nitrogen and oxygen atoms in total. The maximum Gasteiger partial charge on any atom is 0.276 e. The van der Waals surface area contributed by atoms with Crippen LogP contribution in [0.3, 0.4) is 0 Å². The molecule has 2 aromatic carbocycles. The number of alkyl halides is 1. The van der Waals surface area contributed by atoms with Gasteiger partial charge < -0.3 is 4.74 Å². The van der Waals surface area contributed by atoms with E-state index in [1.165, 1.54) is 6.07 Å². The van der Waals surface area contributed by atoms with Gasteiger partial charge >= 0.3 is 0 Å². The molecule has 0 saturated heterocycles. The molecule has 2 rings (SSSR count). The Morgan fingerprint density at radius 3 is 2.65 bits per heavy atom. The van der Waals surface area contributed by atoms with Gasteiger partial charge in [-0.25, -0.2) is 0 Å². The van der Waals surface area contributed by atoms with Crippen LogP contribution in [0, 0.1) is 17.0 Å². The number of rotatable bonds is 4. The van der Waals surface area contributed by atoms with E-state index in [0.717, 1.165) is 5.56 Å². The molecule has 104 valence electrons.